The highest BCUT2D eigenvalue weighted by molar-refractivity contribution is 4.91. The Hall–Kier alpha value is -0.940. The summed E-state index contributed by atoms with van der Waals surface area (Å²) in [7, 11) is 0. The molecule has 2 unspecified atom stereocenters. The van der Waals surface area contributed by atoms with Crippen LogP contribution in [0, 0.1) is 0 Å². The third kappa shape index (κ3) is 5.14. The van der Waals surface area contributed by atoms with E-state index < -0.39 is 0 Å². The van der Waals surface area contributed by atoms with Crippen LogP contribution in [0.2, 0.25) is 0 Å². The number of hydrogen-bond donors (Lipinski definition) is 1. The average Bonchev–Trinajstić information content (AvgIpc) is 2.77. The molecule has 5 nitrogen and oxygen atoms in total. The highest BCUT2D eigenvalue weighted by Crippen LogP contribution is 2.20. The van der Waals surface area contributed by atoms with E-state index in [1.165, 1.54) is 0 Å². The molecule has 0 spiro atoms. The van der Waals surface area contributed by atoms with Crippen molar-refractivity contribution in [2.24, 2.45) is 5.73 Å². The van der Waals surface area contributed by atoms with Crippen LogP contribution in [0.1, 0.15) is 64.3 Å². The van der Waals surface area contributed by atoms with Gasteiger partial charge in [0, 0.05) is 19.1 Å². The van der Waals surface area contributed by atoms with Crippen molar-refractivity contribution < 1.29 is 9.26 Å². The monoisotopic (exact) mass is 255 g/mol. The lowest BCUT2D eigenvalue weighted by atomic mass is 10.1. The molecule has 1 rings (SSSR count). The molecule has 0 saturated carbocycles. The topological polar surface area (TPSA) is 74.2 Å². The molecule has 2 N–H and O–H groups in total. The third-order valence-corrected chi connectivity index (χ3v) is 2.74. The fraction of sp³-hybridized carbons (Fsp3) is 0.846. The van der Waals surface area contributed by atoms with Gasteiger partial charge in [0.25, 0.3) is 0 Å². The molecule has 0 bridgehead atoms. The van der Waals surface area contributed by atoms with Gasteiger partial charge in [0.1, 0.15) is 6.10 Å². The zero-order chi connectivity index (χ0) is 13.4. The van der Waals surface area contributed by atoms with E-state index in [0.717, 1.165) is 32.1 Å². The van der Waals surface area contributed by atoms with Gasteiger partial charge in [-0.15, -0.1) is 0 Å². The number of nitrogens with zero attached hydrogens (tertiary/aromatic N) is 2. The first-order valence-corrected chi connectivity index (χ1v) is 6.87. The predicted molar refractivity (Wildman–Crippen MR) is 70.2 cm³/mol. The molecule has 0 amide bonds. The summed E-state index contributed by atoms with van der Waals surface area (Å²) in [5.41, 5.74) is 5.70. The normalized spacial score (nSPS) is 14.7. The minimum Gasteiger partial charge on any atom is -0.370 e. The van der Waals surface area contributed by atoms with Gasteiger partial charge >= 0.3 is 0 Å². The molecule has 1 aromatic heterocycles. The maximum atomic E-state index is 5.70. The number of ether oxygens (including phenoxy) is 1. The van der Waals surface area contributed by atoms with Crippen molar-refractivity contribution in [1.29, 1.82) is 0 Å². The van der Waals surface area contributed by atoms with Crippen molar-refractivity contribution in [2.75, 3.05) is 6.61 Å². The molecular formula is C13H25N3O2. The number of hydrogen-bond acceptors (Lipinski definition) is 5. The van der Waals surface area contributed by atoms with Gasteiger partial charge in [0.2, 0.25) is 11.7 Å². The molecule has 5 heteroatoms. The molecule has 2 atom stereocenters. The summed E-state index contributed by atoms with van der Waals surface area (Å²) in [5, 5.41) is 4.01. The van der Waals surface area contributed by atoms with Crippen LogP contribution in [0.3, 0.4) is 0 Å². The summed E-state index contributed by atoms with van der Waals surface area (Å²) in [6.07, 6.45) is 4.67. The number of nitrogens with two attached hydrogens (primary N) is 1. The first kappa shape index (κ1) is 15.1. The lowest BCUT2D eigenvalue weighted by molar-refractivity contribution is 0.0478. The van der Waals surface area contributed by atoms with Crippen molar-refractivity contribution in [3.63, 3.8) is 0 Å². The van der Waals surface area contributed by atoms with Gasteiger partial charge in [-0.3, -0.25) is 0 Å². The van der Waals surface area contributed by atoms with Crippen LogP contribution in [-0.2, 0) is 11.2 Å². The van der Waals surface area contributed by atoms with Gasteiger partial charge in [0.05, 0.1) is 0 Å². The van der Waals surface area contributed by atoms with Gasteiger partial charge in [-0.25, -0.2) is 0 Å². The van der Waals surface area contributed by atoms with Crippen LogP contribution in [0.5, 0.6) is 0 Å². The van der Waals surface area contributed by atoms with E-state index in [2.05, 4.69) is 17.1 Å². The van der Waals surface area contributed by atoms with Crippen LogP contribution >= 0.6 is 0 Å². The largest absolute Gasteiger partial charge is 0.370 e. The van der Waals surface area contributed by atoms with Gasteiger partial charge in [0.15, 0.2) is 0 Å². The van der Waals surface area contributed by atoms with E-state index in [9.17, 15) is 0 Å². The number of aromatic nitrogens is 2. The Morgan fingerprint density at radius 2 is 2.11 bits per heavy atom. The first-order valence-electron chi connectivity index (χ1n) is 6.87. The second-order valence-electron chi connectivity index (χ2n) is 4.65. The summed E-state index contributed by atoms with van der Waals surface area (Å²) in [4.78, 5) is 4.40. The molecule has 1 aromatic rings. The molecule has 0 saturated heterocycles. The van der Waals surface area contributed by atoms with Crippen molar-refractivity contribution in [3.05, 3.63) is 11.7 Å². The summed E-state index contributed by atoms with van der Waals surface area (Å²) in [5.74, 6) is 1.36. The summed E-state index contributed by atoms with van der Waals surface area (Å²) < 4.78 is 10.9. The lowest BCUT2D eigenvalue weighted by Crippen LogP contribution is -2.14. The smallest absolute Gasteiger partial charge is 0.226 e. The molecule has 0 radical (unpaired) electrons. The van der Waals surface area contributed by atoms with E-state index in [4.69, 9.17) is 15.0 Å². The minimum absolute atomic E-state index is 0.0362. The predicted octanol–water partition coefficient (Wildman–Crippen LogP) is 2.62. The Kier molecular flexibility index (Phi) is 6.90. The Balaban J connectivity index is 2.49. The Morgan fingerprint density at radius 1 is 1.33 bits per heavy atom. The lowest BCUT2D eigenvalue weighted by Gasteiger charge is -2.11. The van der Waals surface area contributed by atoms with Gasteiger partial charge in [-0.1, -0.05) is 18.5 Å². The van der Waals surface area contributed by atoms with Crippen molar-refractivity contribution in [1.82, 2.24) is 10.1 Å². The molecule has 0 aliphatic rings. The van der Waals surface area contributed by atoms with Crippen molar-refractivity contribution >= 4 is 0 Å². The van der Waals surface area contributed by atoms with Crippen LogP contribution < -0.4 is 5.73 Å². The molecule has 0 aromatic carbocycles. The quantitative estimate of drug-likeness (QED) is 0.734. The second-order valence-corrected chi connectivity index (χ2v) is 4.65. The van der Waals surface area contributed by atoms with E-state index in [1.807, 2.05) is 13.8 Å². The van der Waals surface area contributed by atoms with Crippen LogP contribution in [0.25, 0.3) is 0 Å². The maximum absolute atomic E-state index is 5.70. The molecule has 18 heavy (non-hydrogen) atoms. The van der Waals surface area contributed by atoms with E-state index in [0.29, 0.717) is 18.3 Å². The highest BCUT2D eigenvalue weighted by Gasteiger charge is 2.17. The molecule has 0 aliphatic heterocycles. The van der Waals surface area contributed by atoms with E-state index >= 15 is 0 Å². The van der Waals surface area contributed by atoms with Crippen molar-refractivity contribution in [2.45, 2.75) is 65.0 Å². The number of aryl methyl sites for hydroxylation is 1. The molecule has 0 aliphatic carbocycles. The Morgan fingerprint density at radius 3 is 2.72 bits per heavy atom. The van der Waals surface area contributed by atoms with Gasteiger partial charge in [-0.2, -0.15) is 4.98 Å². The Labute approximate surface area is 109 Å². The first-order chi connectivity index (χ1) is 8.67. The standard InChI is InChI=1S/C13H25N3O2/c1-4-7-11(17-5-2)13-15-12(18-16-13)9-6-8-10(3)14/h10-11H,4-9,14H2,1-3H3. The van der Waals surface area contributed by atoms with Crippen LogP contribution in [-0.4, -0.2) is 22.8 Å². The zero-order valence-electron chi connectivity index (χ0n) is 11.7. The number of rotatable bonds is 9. The maximum Gasteiger partial charge on any atom is 0.226 e. The SMILES string of the molecule is CCCC(OCC)c1noc(CCCC(C)N)n1. The van der Waals surface area contributed by atoms with Crippen molar-refractivity contribution in [3.8, 4) is 0 Å². The average molecular weight is 255 g/mol. The molecule has 104 valence electrons. The fourth-order valence-corrected chi connectivity index (χ4v) is 1.83. The highest BCUT2D eigenvalue weighted by atomic mass is 16.5. The molecular weight excluding hydrogens is 230 g/mol. The minimum atomic E-state index is -0.0362. The second kappa shape index (κ2) is 8.21. The fourth-order valence-electron chi connectivity index (χ4n) is 1.83. The van der Waals surface area contributed by atoms with Crippen LogP contribution in [0.4, 0.5) is 0 Å². The van der Waals surface area contributed by atoms with E-state index in [-0.39, 0.29) is 12.1 Å². The van der Waals surface area contributed by atoms with Gasteiger partial charge < -0.3 is 15.0 Å². The van der Waals surface area contributed by atoms with Crippen LogP contribution in [0.15, 0.2) is 4.52 Å². The Bertz CT molecular complexity index is 320. The summed E-state index contributed by atoms with van der Waals surface area (Å²) >= 11 is 0. The van der Waals surface area contributed by atoms with E-state index in [1.54, 1.807) is 0 Å². The van der Waals surface area contributed by atoms with Gasteiger partial charge in [-0.05, 0) is 33.1 Å². The summed E-state index contributed by atoms with van der Waals surface area (Å²) in [6, 6.07) is 0.226. The third-order valence-electron chi connectivity index (χ3n) is 2.74. The summed E-state index contributed by atoms with van der Waals surface area (Å²) in [6.45, 7) is 6.77. The molecule has 1 heterocycles. The molecule has 0 fully saturated rings. The zero-order valence-corrected chi connectivity index (χ0v) is 11.7.